The monoisotopic (exact) mass is 346 g/mol. The first-order valence-electron chi connectivity index (χ1n) is 6.32. The minimum Gasteiger partial charge on any atom is -0.465 e. The van der Waals surface area contributed by atoms with Crippen LogP contribution in [-0.4, -0.2) is 51.8 Å². The lowest BCUT2D eigenvalue weighted by atomic mass is 10.1. The van der Waals surface area contributed by atoms with Gasteiger partial charge >= 0.3 is 11.9 Å². The first-order valence-corrected chi connectivity index (χ1v) is 6.32. The lowest BCUT2D eigenvalue weighted by molar-refractivity contribution is -0.125. The second-order valence-corrected chi connectivity index (χ2v) is 4.23. The third-order valence-electron chi connectivity index (χ3n) is 2.83. The zero-order valence-electron chi connectivity index (χ0n) is 13.0. The topological polar surface area (TPSA) is 117 Å². The van der Waals surface area contributed by atoms with Gasteiger partial charge in [-0.15, -0.1) is 12.4 Å². The predicted octanol–water partition coefficient (Wildman–Crippen LogP) is 0.594. The molecule has 8 nitrogen and oxygen atoms in total. The van der Waals surface area contributed by atoms with Gasteiger partial charge in [0.25, 0.3) is 5.91 Å². The maximum atomic E-state index is 11.9. The van der Waals surface area contributed by atoms with Gasteiger partial charge in [-0.25, -0.2) is 9.59 Å². The number of benzene rings is 1. The van der Waals surface area contributed by atoms with E-state index in [0.29, 0.717) is 0 Å². The third-order valence-corrected chi connectivity index (χ3v) is 2.83. The van der Waals surface area contributed by atoms with Crippen LogP contribution in [0, 0.1) is 0 Å². The van der Waals surface area contributed by atoms with E-state index in [1.807, 2.05) is 0 Å². The Morgan fingerprint density at radius 1 is 1.04 bits per heavy atom. The zero-order valence-corrected chi connectivity index (χ0v) is 13.8. The minimum absolute atomic E-state index is 0. The van der Waals surface area contributed by atoms with Crippen molar-refractivity contribution in [3.8, 4) is 0 Å². The molecule has 0 aromatic heterocycles. The molecule has 128 valence electrons. The number of carbonyl (C=O) groups is 3. The molecule has 0 aliphatic carbocycles. The van der Waals surface area contributed by atoms with Gasteiger partial charge in [-0.2, -0.15) is 0 Å². The van der Waals surface area contributed by atoms with Gasteiger partial charge in [0.05, 0.1) is 25.3 Å². The molecule has 1 unspecified atom stereocenters. The summed E-state index contributed by atoms with van der Waals surface area (Å²) in [5.74, 6) is -1.80. The average molecular weight is 347 g/mol. The Morgan fingerprint density at radius 2 is 1.52 bits per heavy atom. The highest BCUT2D eigenvalue weighted by Crippen LogP contribution is 2.17. The fourth-order valence-electron chi connectivity index (χ4n) is 1.70. The van der Waals surface area contributed by atoms with Crippen LogP contribution in [0.5, 0.6) is 0 Å². The fraction of sp³-hybridized carbons (Fsp3) is 0.357. The number of halogens is 1. The first kappa shape index (κ1) is 20.8. The van der Waals surface area contributed by atoms with Crippen molar-refractivity contribution < 1.29 is 28.6 Å². The number of esters is 2. The highest BCUT2D eigenvalue weighted by Gasteiger charge is 2.18. The van der Waals surface area contributed by atoms with E-state index in [1.54, 1.807) is 0 Å². The normalized spacial score (nSPS) is 11.0. The number of anilines is 1. The maximum Gasteiger partial charge on any atom is 0.337 e. The highest BCUT2D eigenvalue weighted by atomic mass is 35.5. The van der Waals surface area contributed by atoms with E-state index in [-0.39, 0.29) is 35.8 Å². The third kappa shape index (κ3) is 5.51. The van der Waals surface area contributed by atoms with Crippen molar-refractivity contribution in [3.63, 3.8) is 0 Å². The number of carbonyl (C=O) groups excluding carboxylic acids is 3. The predicted molar refractivity (Wildman–Crippen MR) is 84.9 cm³/mol. The van der Waals surface area contributed by atoms with E-state index in [9.17, 15) is 14.4 Å². The smallest absolute Gasteiger partial charge is 0.337 e. The number of rotatable bonds is 6. The Labute approximate surface area is 139 Å². The van der Waals surface area contributed by atoms with Crippen LogP contribution in [0.4, 0.5) is 5.69 Å². The number of nitrogens with one attached hydrogen (secondary N) is 1. The van der Waals surface area contributed by atoms with Gasteiger partial charge in [0.2, 0.25) is 0 Å². The van der Waals surface area contributed by atoms with E-state index >= 15 is 0 Å². The SMILES string of the molecule is COC(=O)c1cc(NC(=O)C(CN)OC)cc(C(=O)OC)c1.Cl. The van der Waals surface area contributed by atoms with Crippen LogP contribution in [0.3, 0.4) is 0 Å². The van der Waals surface area contributed by atoms with Gasteiger partial charge in [0, 0.05) is 19.3 Å². The maximum absolute atomic E-state index is 11.9. The number of hydrogen-bond acceptors (Lipinski definition) is 7. The summed E-state index contributed by atoms with van der Waals surface area (Å²) in [6, 6.07) is 4.06. The van der Waals surface area contributed by atoms with Crippen LogP contribution < -0.4 is 11.1 Å². The van der Waals surface area contributed by atoms with Crippen LogP contribution in [-0.2, 0) is 19.0 Å². The summed E-state index contributed by atoms with van der Waals surface area (Å²) < 4.78 is 14.1. The van der Waals surface area contributed by atoms with Crippen molar-refractivity contribution >= 4 is 35.9 Å². The van der Waals surface area contributed by atoms with Crippen molar-refractivity contribution in [3.05, 3.63) is 29.3 Å². The van der Waals surface area contributed by atoms with E-state index < -0.39 is 23.9 Å². The Kier molecular flexibility index (Phi) is 8.86. The molecule has 1 aromatic rings. The Morgan fingerprint density at radius 3 is 1.87 bits per heavy atom. The number of nitrogens with two attached hydrogens (primary N) is 1. The molecule has 1 atom stereocenters. The quantitative estimate of drug-likeness (QED) is 0.724. The molecule has 1 aromatic carbocycles. The lowest BCUT2D eigenvalue weighted by Gasteiger charge is -2.14. The number of hydrogen-bond donors (Lipinski definition) is 2. The van der Waals surface area contributed by atoms with E-state index in [1.165, 1.54) is 39.5 Å². The van der Waals surface area contributed by atoms with E-state index in [2.05, 4.69) is 14.8 Å². The molecule has 1 amide bonds. The number of ether oxygens (including phenoxy) is 3. The van der Waals surface area contributed by atoms with Gasteiger partial charge < -0.3 is 25.3 Å². The molecule has 0 spiro atoms. The molecule has 1 rings (SSSR count). The van der Waals surface area contributed by atoms with Crippen LogP contribution in [0.2, 0.25) is 0 Å². The molecule has 0 heterocycles. The molecular formula is C14H19ClN2O6. The molecule has 3 N–H and O–H groups in total. The summed E-state index contributed by atoms with van der Waals surface area (Å²) in [6.45, 7) is -0.0110. The Hall–Kier alpha value is -2.16. The van der Waals surface area contributed by atoms with Crippen LogP contribution in [0.1, 0.15) is 20.7 Å². The summed E-state index contributed by atoms with van der Waals surface area (Å²) >= 11 is 0. The summed E-state index contributed by atoms with van der Waals surface area (Å²) in [6.07, 6.45) is -0.844. The van der Waals surface area contributed by atoms with Crippen LogP contribution >= 0.6 is 12.4 Å². The molecule has 0 bridgehead atoms. The van der Waals surface area contributed by atoms with Crippen LogP contribution in [0.25, 0.3) is 0 Å². The van der Waals surface area contributed by atoms with Gasteiger partial charge in [-0.05, 0) is 18.2 Å². The molecule has 0 aliphatic rings. The van der Waals surface area contributed by atoms with E-state index in [4.69, 9.17) is 10.5 Å². The second kappa shape index (κ2) is 9.78. The molecular weight excluding hydrogens is 328 g/mol. The van der Waals surface area contributed by atoms with E-state index in [0.717, 1.165) is 0 Å². The van der Waals surface area contributed by atoms with Gasteiger partial charge in [-0.3, -0.25) is 4.79 Å². The largest absolute Gasteiger partial charge is 0.465 e. The minimum atomic E-state index is -0.844. The van der Waals surface area contributed by atoms with Crippen LogP contribution in [0.15, 0.2) is 18.2 Å². The van der Waals surface area contributed by atoms with Crippen molar-refractivity contribution in [2.24, 2.45) is 5.73 Å². The summed E-state index contributed by atoms with van der Waals surface area (Å²) in [7, 11) is 3.77. The molecule has 0 aliphatic heterocycles. The number of amides is 1. The zero-order chi connectivity index (χ0) is 16.7. The lowest BCUT2D eigenvalue weighted by Crippen LogP contribution is -2.36. The van der Waals surface area contributed by atoms with Crippen molar-refractivity contribution in [2.75, 3.05) is 33.2 Å². The summed E-state index contributed by atoms with van der Waals surface area (Å²) in [5, 5.41) is 2.52. The fourth-order valence-corrected chi connectivity index (χ4v) is 1.70. The average Bonchev–Trinajstić information content (AvgIpc) is 2.53. The summed E-state index contributed by atoms with van der Waals surface area (Å²) in [5.41, 5.74) is 5.83. The van der Waals surface area contributed by atoms with Gasteiger partial charge in [0.1, 0.15) is 6.10 Å². The molecule has 0 radical (unpaired) electrons. The molecule has 9 heteroatoms. The Bertz CT molecular complexity index is 540. The van der Waals surface area contributed by atoms with Crippen molar-refractivity contribution in [1.29, 1.82) is 0 Å². The molecule has 0 saturated heterocycles. The number of methoxy groups -OCH3 is 3. The first-order chi connectivity index (χ1) is 10.5. The second-order valence-electron chi connectivity index (χ2n) is 4.23. The molecule has 23 heavy (non-hydrogen) atoms. The van der Waals surface area contributed by atoms with Gasteiger partial charge in [0.15, 0.2) is 0 Å². The molecule has 0 saturated carbocycles. The Balaban J connectivity index is 0.00000484. The van der Waals surface area contributed by atoms with Gasteiger partial charge in [-0.1, -0.05) is 0 Å². The molecule has 0 fully saturated rings. The van der Waals surface area contributed by atoms with Crippen molar-refractivity contribution in [1.82, 2.24) is 0 Å². The highest BCUT2D eigenvalue weighted by molar-refractivity contribution is 6.00. The summed E-state index contributed by atoms with van der Waals surface area (Å²) in [4.78, 5) is 35.2. The standard InChI is InChI=1S/C14H18N2O6.ClH/c1-20-11(7-15)12(17)16-10-5-8(13(18)21-2)4-9(6-10)14(19)22-3;/h4-6,11H,7,15H2,1-3H3,(H,16,17);1H. The van der Waals surface area contributed by atoms with Crippen molar-refractivity contribution in [2.45, 2.75) is 6.10 Å².